The molecule has 2 rings (SSSR count). The van der Waals surface area contributed by atoms with Gasteiger partial charge in [0.25, 0.3) is 0 Å². The van der Waals surface area contributed by atoms with E-state index < -0.39 is 0 Å². The zero-order valence-electron chi connectivity index (χ0n) is 9.30. The van der Waals surface area contributed by atoms with Crippen molar-refractivity contribution in [3.05, 3.63) is 23.3 Å². The summed E-state index contributed by atoms with van der Waals surface area (Å²) in [7, 11) is 0. The first-order valence-electron chi connectivity index (χ1n) is 5.49. The minimum absolute atomic E-state index is 0.0194. The fourth-order valence-corrected chi connectivity index (χ4v) is 3.10. The molecule has 4 nitrogen and oxygen atoms in total. The van der Waals surface area contributed by atoms with E-state index in [-0.39, 0.29) is 12.1 Å². The van der Waals surface area contributed by atoms with Gasteiger partial charge in [-0.25, -0.2) is 0 Å². The predicted octanol–water partition coefficient (Wildman–Crippen LogP) is 0.830. The Labute approximate surface area is 100 Å². The first kappa shape index (κ1) is 11.5. The van der Waals surface area contributed by atoms with E-state index in [0.717, 1.165) is 19.4 Å². The molecule has 0 saturated carbocycles. The lowest BCUT2D eigenvalue weighted by atomic mass is 9.86. The lowest BCUT2D eigenvalue weighted by molar-refractivity contribution is -0.121. The third-order valence-corrected chi connectivity index (χ3v) is 4.27. The smallest absolute Gasteiger partial charge is 0.209 e. The Kier molecular flexibility index (Phi) is 3.56. The molecule has 3 N–H and O–H groups in total. The summed E-state index contributed by atoms with van der Waals surface area (Å²) in [6.45, 7) is 2.81. The summed E-state index contributed by atoms with van der Waals surface area (Å²) >= 11 is 1.62. The van der Waals surface area contributed by atoms with Crippen molar-refractivity contribution in [2.45, 2.75) is 25.4 Å². The maximum absolute atomic E-state index is 10.8. The number of amides is 1. The van der Waals surface area contributed by atoms with Crippen LogP contribution < -0.4 is 10.5 Å². The molecule has 5 heteroatoms. The fourth-order valence-electron chi connectivity index (χ4n) is 2.24. The van der Waals surface area contributed by atoms with E-state index in [0.29, 0.717) is 5.92 Å². The van der Waals surface area contributed by atoms with Gasteiger partial charge >= 0.3 is 0 Å². The number of carbonyl (C=O) groups is 1. The van der Waals surface area contributed by atoms with Gasteiger partial charge in [0.05, 0.1) is 0 Å². The second kappa shape index (κ2) is 4.93. The monoisotopic (exact) mass is 239 g/mol. The zero-order valence-corrected chi connectivity index (χ0v) is 10.1. The average molecular weight is 239 g/mol. The van der Waals surface area contributed by atoms with Crippen LogP contribution in [-0.2, 0) is 4.79 Å². The van der Waals surface area contributed by atoms with Crippen LogP contribution in [0.25, 0.3) is 0 Å². The molecule has 3 atom stereocenters. The zero-order chi connectivity index (χ0) is 11.5. The molecule has 0 aromatic carbocycles. The first-order chi connectivity index (χ1) is 7.74. The topological polar surface area (TPSA) is 58.4 Å². The van der Waals surface area contributed by atoms with Crippen LogP contribution in [-0.4, -0.2) is 29.9 Å². The molecular weight excluding hydrogens is 222 g/mol. The number of likely N-dealkylation sites (tertiary alicyclic amines) is 1. The molecule has 0 aromatic heterocycles. The third kappa shape index (κ3) is 2.10. The molecule has 1 amide bonds. The summed E-state index contributed by atoms with van der Waals surface area (Å²) in [6, 6.07) is 0.134. The molecule has 0 radical (unpaired) electrons. The highest BCUT2D eigenvalue weighted by atomic mass is 32.2. The van der Waals surface area contributed by atoms with Gasteiger partial charge in [0.1, 0.15) is 0 Å². The molecule has 1 unspecified atom stereocenters. The van der Waals surface area contributed by atoms with Crippen LogP contribution in [0.5, 0.6) is 0 Å². The summed E-state index contributed by atoms with van der Waals surface area (Å²) in [5, 5.41) is 0. The number of allylic oxidation sites excluding steroid dienone is 2. The molecule has 2 heterocycles. The van der Waals surface area contributed by atoms with Crippen LogP contribution in [0.15, 0.2) is 23.3 Å². The third-order valence-electron chi connectivity index (χ3n) is 3.35. The highest BCUT2D eigenvalue weighted by Gasteiger charge is 2.34. The molecule has 16 heavy (non-hydrogen) atoms. The summed E-state index contributed by atoms with van der Waals surface area (Å²) in [6.07, 6.45) is 7.86. The Hall–Kier alpha value is -0.940. The minimum Gasteiger partial charge on any atom is -0.341 e. The second-order valence-electron chi connectivity index (χ2n) is 4.20. The lowest BCUT2D eigenvalue weighted by Gasteiger charge is -2.41. The maximum Gasteiger partial charge on any atom is 0.209 e. The summed E-state index contributed by atoms with van der Waals surface area (Å²) in [4.78, 5) is 13.9. The Morgan fingerprint density at radius 3 is 3.12 bits per heavy atom. The van der Waals surface area contributed by atoms with Gasteiger partial charge in [0.15, 0.2) is 0 Å². The van der Waals surface area contributed by atoms with Gasteiger partial charge in [0, 0.05) is 35.7 Å². The van der Waals surface area contributed by atoms with E-state index in [1.165, 1.54) is 4.91 Å². The number of rotatable bonds is 2. The van der Waals surface area contributed by atoms with Gasteiger partial charge in [-0.05, 0) is 37.4 Å². The van der Waals surface area contributed by atoms with Gasteiger partial charge in [-0.3, -0.25) is 4.79 Å². The Balaban J connectivity index is 2.10. The molecule has 0 bridgehead atoms. The molecule has 1 fully saturated rings. The van der Waals surface area contributed by atoms with Gasteiger partial charge in [0.2, 0.25) is 6.41 Å². The quantitative estimate of drug-likeness (QED) is 0.553. The number of nitrogens with zero attached hydrogens (tertiary/aromatic N) is 1. The second-order valence-corrected chi connectivity index (χ2v) is 5.12. The van der Waals surface area contributed by atoms with Crippen LogP contribution in [0.3, 0.4) is 0 Å². The lowest BCUT2D eigenvalue weighted by Crippen LogP contribution is -2.54. The minimum atomic E-state index is 0.0194. The van der Waals surface area contributed by atoms with Crippen molar-refractivity contribution in [3.63, 3.8) is 0 Å². The Morgan fingerprint density at radius 1 is 1.69 bits per heavy atom. The molecular formula is C11H17N3OS. The van der Waals surface area contributed by atoms with Crippen molar-refractivity contribution in [1.82, 2.24) is 9.62 Å². The largest absolute Gasteiger partial charge is 0.341 e. The predicted molar refractivity (Wildman–Crippen MR) is 66.3 cm³/mol. The molecule has 2 aliphatic heterocycles. The Bertz CT molecular complexity index is 329. The SMILES string of the molecule is C[C@@H]1[C@H](N)C(C2=CC=CNS2)CCN1C=O. The fraction of sp³-hybridized carbons (Fsp3) is 0.545. The van der Waals surface area contributed by atoms with E-state index >= 15 is 0 Å². The van der Waals surface area contributed by atoms with E-state index in [4.69, 9.17) is 5.73 Å². The number of nitrogens with two attached hydrogens (primary N) is 1. The molecule has 0 aliphatic carbocycles. The molecule has 88 valence electrons. The normalized spacial score (nSPS) is 34.2. The van der Waals surface area contributed by atoms with E-state index in [1.54, 1.807) is 16.8 Å². The van der Waals surface area contributed by atoms with Crippen molar-refractivity contribution in [3.8, 4) is 0 Å². The van der Waals surface area contributed by atoms with Crippen LogP contribution in [0.4, 0.5) is 0 Å². The molecule has 0 spiro atoms. The van der Waals surface area contributed by atoms with E-state index in [2.05, 4.69) is 10.8 Å². The number of nitrogens with one attached hydrogen (secondary N) is 1. The van der Waals surface area contributed by atoms with E-state index in [9.17, 15) is 4.79 Å². The first-order valence-corrected chi connectivity index (χ1v) is 6.31. The highest BCUT2D eigenvalue weighted by Crippen LogP contribution is 2.33. The Morgan fingerprint density at radius 2 is 2.50 bits per heavy atom. The molecule has 0 aromatic rings. The van der Waals surface area contributed by atoms with Crippen molar-refractivity contribution in [2.75, 3.05) is 6.54 Å². The molecule has 2 aliphatic rings. The highest BCUT2D eigenvalue weighted by molar-refractivity contribution is 8.01. The number of hydrogen-bond donors (Lipinski definition) is 2. The summed E-state index contributed by atoms with van der Waals surface area (Å²) in [5.74, 6) is 0.355. The van der Waals surface area contributed by atoms with Crippen molar-refractivity contribution in [1.29, 1.82) is 0 Å². The number of hydrogen-bond acceptors (Lipinski definition) is 4. The van der Waals surface area contributed by atoms with Gasteiger partial charge in [-0.1, -0.05) is 0 Å². The van der Waals surface area contributed by atoms with Crippen molar-refractivity contribution < 1.29 is 4.79 Å². The van der Waals surface area contributed by atoms with Crippen molar-refractivity contribution >= 4 is 18.4 Å². The van der Waals surface area contributed by atoms with Crippen LogP contribution in [0, 0.1) is 5.92 Å². The number of piperidine rings is 1. The van der Waals surface area contributed by atoms with Gasteiger partial charge in [-0.15, -0.1) is 0 Å². The van der Waals surface area contributed by atoms with Crippen LogP contribution >= 0.6 is 11.9 Å². The number of carbonyl (C=O) groups excluding carboxylic acids is 1. The van der Waals surface area contributed by atoms with Crippen molar-refractivity contribution in [2.24, 2.45) is 11.7 Å². The van der Waals surface area contributed by atoms with E-state index in [1.807, 2.05) is 19.2 Å². The maximum atomic E-state index is 10.8. The average Bonchev–Trinajstić information content (AvgIpc) is 2.34. The molecule has 1 saturated heterocycles. The van der Waals surface area contributed by atoms with Gasteiger partial charge < -0.3 is 15.4 Å². The van der Waals surface area contributed by atoms with Gasteiger partial charge in [-0.2, -0.15) is 0 Å². The standard InChI is InChI=1S/C11H17N3OS/c1-8-11(12)9(4-6-14(8)7-15)10-3-2-5-13-16-10/h2-3,5,7-9,11,13H,4,6,12H2,1H3/t8-,9?,11+/m1/s1. The van der Waals surface area contributed by atoms with Crippen LogP contribution in [0.2, 0.25) is 0 Å². The van der Waals surface area contributed by atoms with Crippen LogP contribution in [0.1, 0.15) is 13.3 Å². The summed E-state index contributed by atoms with van der Waals surface area (Å²) in [5.41, 5.74) is 6.21. The summed E-state index contributed by atoms with van der Waals surface area (Å²) < 4.78 is 3.12.